The van der Waals surface area contributed by atoms with Gasteiger partial charge in [-0.3, -0.25) is 4.79 Å². The summed E-state index contributed by atoms with van der Waals surface area (Å²) in [7, 11) is 0. The number of nitrogens with zero attached hydrogens (tertiary/aromatic N) is 1. The van der Waals surface area contributed by atoms with Gasteiger partial charge < -0.3 is 19.7 Å². The Morgan fingerprint density at radius 3 is 2.94 bits per heavy atom. The molecule has 1 aromatic rings. The van der Waals surface area contributed by atoms with Gasteiger partial charge in [-0.1, -0.05) is 0 Å². The number of aryl methyl sites for hydroxylation is 1. The van der Waals surface area contributed by atoms with Gasteiger partial charge in [-0.05, 0) is 19.1 Å². The monoisotopic (exact) mass is 252 g/mol. The third-order valence-electron chi connectivity index (χ3n) is 3.19. The molecule has 98 valence electrons. The predicted molar refractivity (Wildman–Crippen MR) is 63.4 cm³/mol. The molecule has 1 amide bonds. The second-order valence-electron chi connectivity index (χ2n) is 4.32. The molecule has 0 spiro atoms. The lowest BCUT2D eigenvalue weighted by Crippen LogP contribution is -2.55. The largest absolute Gasteiger partial charge is 0.479 e. The molecule has 6 heteroatoms. The number of aromatic nitrogens is 1. The highest BCUT2D eigenvalue weighted by molar-refractivity contribution is 5.97. The molecule has 0 radical (unpaired) electrons. The molecule has 0 aliphatic carbocycles. The van der Waals surface area contributed by atoms with E-state index in [9.17, 15) is 14.7 Å². The number of ether oxygens (including phenoxy) is 1. The Balaban J connectivity index is 2.18. The second kappa shape index (κ2) is 4.81. The maximum Gasteiger partial charge on any atom is 0.331 e. The van der Waals surface area contributed by atoms with Crippen molar-refractivity contribution in [3.05, 3.63) is 24.0 Å². The number of nitrogens with one attached hydrogen (secondary N) is 1. The first-order valence-electron chi connectivity index (χ1n) is 5.88. The molecule has 2 rings (SSSR count). The van der Waals surface area contributed by atoms with Crippen LogP contribution in [0.1, 0.15) is 23.8 Å². The highest BCUT2D eigenvalue weighted by Crippen LogP contribution is 2.19. The van der Waals surface area contributed by atoms with Gasteiger partial charge >= 0.3 is 5.97 Å². The van der Waals surface area contributed by atoms with Crippen molar-refractivity contribution in [1.29, 1.82) is 0 Å². The summed E-state index contributed by atoms with van der Waals surface area (Å²) in [4.78, 5) is 23.4. The van der Waals surface area contributed by atoms with Crippen LogP contribution in [0.4, 0.5) is 0 Å². The minimum atomic E-state index is -1.29. The van der Waals surface area contributed by atoms with Crippen LogP contribution in [0, 0.1) is 0 Å². The van der Waals surface area contributed by atoms with E-state index >= 15 is 0 Å². The van der Waals surface area contributed by atoms with Crippen molar-refractivity contribution in [2.75, 3.05) is 13.2 Å². The van der Waals surface area contributed by atoms with Gasteiger partial charge in [0.2, 0.25) is 0 Å². The quantitative estimate of drug-likeness (QED) is 0.816. The van der Waals surface area contributed by atoms with Crippen LogP contribution in [0.3, 0.4) is 0 Å². The molecule has 2 N–H and O–H groups in total. The van der Waals surface area contributed by atoms with Crippen LogP contribution in [0.15, 0.2) is 18.3 Å². The standard InChI is InChI=1S/C12H16N2O4/c1-2-14-6-3-4-9(14)10(15)13-12(11(16)17)5-7-18-8-12/h3-4,6H,2,5,7-8H2,1H3,(H,13,15)(H,16,17). The molecule has 1 saturated heterocycles. The summed E-state index contributed by atoms with van der Waals surface area (Å²) in [5.41, 5.74) is -0.829. The first-order valence-corrected chi connectivity index (χ1v) is 5.88. The van der Waals surface area contributed by atoms with E-state index < -0.39 is 11.5 Å². The van der Waals surface area contributed by atoms with Crippen molar-refractivity contribution in [1.82, 2.24) is 9.88 Å². The number of rotatable bonds is 4. The number of amides is 1. The van der Waals surface area contributed by atoms with Crippen molar-refractivity contribution >= 4 is 11.9 Å². The predicted octanol–water partition coefficient (Wildman–Crippen LogP) is 0.481. The van der Waals surface area contributed by atoms with Gasteiger partial charge in [0.1, 0.15) is 5.69 Å². The van der Waals surface area contributed by atoms with Gasteiger partial charge in [-0.25, -0.2) is 4.79 Å². The van der Waals surface area contributed by atoms with Crippen LogP contribution in [0.2, 0.25) is 0 Å². The van der Waals surface area contributed by atoms with Crippen LogP contribution < -0.4 is 5.32 Å². The van der Waals surface area contributed by atoms with Gasteiger partial charge in [0.15, 0.2) is 5.54 Å². The molecule has 2 heterocycles. The molecule has 1 atom stereocenters. The lowest BCUT2D eigenvalue weighted by Gasteiger charge is -2.23. The van der Waals surface area contributed by atoms with Gasteiger partial charge in [-0.2, -0.15) is 0 Å². The molecular formula is C12H16N2O4. The summed E-state index contributed by atoms with van der Waals surface area (Å²) in [5.74, 6) is -1.43. The van der Waals surface area contributed by atoms with E-state index in [-0.39, 0.29) is 12.5 Å². The summed E-state index contributed by atoms with van der Waals surface area (Å²) in [5, 5.41) is 11.8. The zero-order valence-electron chi connectivity index (χ0n) is 10.2. The molecule has 0 aromatic carbocycles. The topological polar surface area (TPSA) is 80.6 Å². The molecule has 1 fully saturated rings. The number of hydrogen-bond donors (Lipinski definition) is 2. The molecule has 0 bridgehead atoms. The van der Waals surface area contributed by atoms with Crippen LogP contribution >= 0.6 is 0 Å². The highest BCUT2D eigenvalue weighted by atomic mass is 16.5. The Morgan fingerprint density at radius 1 is 1.61 bits per heavy atom. The first-order chi connectivity index (χ1) is 8.59. The van der Waals surface area contributed by atoms with E-state index in [1.54, 1.807) is 22.9 Å². The summed E-state index contributed by atoms with van der Waals surface area (Å²) in [6, 6.07) is 3.43. The third-order valence-corrected chi connectivity index (χ3v) is 3.19. The van der Waals surface area contributed by atoms with Gasteiger partial charge in [0.05, 0.1) is 6.61 Å². The Kier molecular flexibility index (Phi) is 3.38. The minimum Gasteiger partial charge on any atom is -0.479 e. The van der Waals surface area contributed by atoms with Crippen molar-refractivity contribution in [2.45, 2.75) is 25.4 Å². The Morgan fingerprint density at radius 2 is 2.39 bits per heavy atom. The first kappa shape index (κ1) is 12.6. The zero-order chi connectivity index (χ0) is 13.2. The summed E-state index contributed by atoms with van der Waals surface area (Å²) in [6.45, 7) is 2.94. The van der Waals surface area contributed by atoms with Gasteiger partial charge in [0, 0.05) is 25.8 Å². The maximum absolute atomic E-state index is 12.1. The molecule has 1 unspecified atom stereocenters. The van der Waals surface area contributed by atoms with Crippen LogP contribution in [0.25, 0.3) is 0 Å². The lowest BCUT2D eigenvalue weighted by atomic mass is 9.99. The molecule has 18 heavy (non-hydrogen) atoms. The van der Waals surface area contributed by atoms with E-state index in [0.717, 1.165) is 0 Å². The number of aliphatic carboxylic acids is 1. The normalized spacial score (nSPS) is 22.9. The molecule has 1 aliphatic heterocycles. The second-order valence-corrected chi connectivity index (χ2v) is 4.32. The fourth-order valence-corrected chi connectivity index (χ4v) is 2.06. The van der Waals surface area contributed by atoms with Crippen LogP contribution in [-0.2, 0) is 16.1 Å². The number of hydrogen-bond acceptors (Lipinski definition) is 3. The van der Waals surface area contributed by atoms with Crippen LogP contribution in [0.5, 0.6) is 0 Å². The summed E-state index contributed by atoms with van der Waals surface area (Å²) in [6.07, 6.45) is 2.08. The SMILES string of the molecule is CCn1cccc1C(=O)NC1(C(=O)O)CCOC1. The average molecular weight is 252 g/mol. The van der Waals surface area contributed by atoms with E-state index in [0.29, 0.717) is 25.3 Å². The van der Waals surface area contributed by atoms with Crippen LogP contribution in [-0.4, -0.2) is 40.3 Å². The van der Waals surface area contributed by atoms with Crippen molar-refractivity contribution in [3.8, 4) is 0 Å². The smallest absolute Gasteiger partial charge is 0.331 e. The molecule has 1 aromatic heterocycles. The van der Waals surface area contributed by atoms with E-state index in [2.05, 4.69) is 5.32 Å². The molecule has 6 nitrogen and oxygen atoms in total. The van der Waals surface area contributed by atoms with Gasteiger partial charge in [0.25, 0.3) is 5.91 Å². The fraction of sp³-hybridized carbons (Fsp3) is 0.500. The number of carboxylic acids is 1. The van der Waals surface area contributed by atoms with Crippen molar-refractivity contribution in [3.63, 3.8) is 0 Å². The highest BCUT2D eigenvalue weighted by Gasteiger charge is 2.44. The maximum atomic E-state index is 12.1. The third kappa shape index (κ3) is 2.11. The van der Waals surface area contributed by atoms with Crippen molar-refractivity contribution < 1.29 is 19.4 Å². The fourth-order valence-electron chi connectivity index (χ4n) is 2.06. The van der Waals surface area contributed by atoms with E-state index in [1.807, 2.05) is 6.92 Å². The average Bonchev–Trinajstić information content (AvgIpc) is 2.97. The molecule has 1 aliphatic rings. The van der Waals surface area contributed by atoms with E-state index in [1.165, 1.54) is 0 Å². The molecule has 0 saturated carbocycles. The number of carbonyl (C=O) groups is 2. The summed E-state index contributed by atoms with van der Waals surface area (Å²) < 4.78 is 6.86. The lowest BCUT2D eigenvalue weighted by molar-refractivity contribution is -0.144. The van der Waals surface area contributed by atoms with E-state index in [4.69, 9.17) is 4.74 Å². The Labute approximate surface area is 105 Å². The molecular weight excluding hydrogens is 236 g/mol. The number of carbonyl (C=O) groups excluding carboxylic acids is 1. The Bertz CT molecular complexity index is 460. The zero-order valence-corrected chi connectivity index (χ0v) is 10.2. The van der Waals surface area contributed by atoms with Crippen molar-refractivity contribution in [2.24, 2.45) is 0 Å². The summed E-state index contributed by atoms with van der Waals surface area (Å²) >= 11 is 0. The van der Waals surface area contributed by atoms with Gasteiger partial charge in [-0.15, -0.1) is 0 Å². The Hall–Kier alpha value is -1.82. The number of carboxylic acid groups (broad SMARTS) is 1. The minimum absolute atomic E-state index is 0.0148.